The highest BCUT2D eigenvalue weighted by Gasteiger charge is 2.08. The Morgan fingerprint density at radius 2 is 2.30 bits per heavy atom. The second kappa shape index (κ2) is 2.01. The highest BCUT2D eigenvalue weighted by Crippen LogP contribution is 2.23. The van der Waals surface area contributed by atoms with Crippen LogP contribution in [-0.2, 0) is 6.42 Å². The number of fused-ring (bicyclic) bond motifs is 1. The molecule has 0 bridgehead atoms. The lowest BCUT2D eigenvalue weighted by Crippen LogP contribution is -1.92. The normalized spacial score (nSPS) is 16.3. The maximum absolute atomic E-state index is 5.26. The van der Waals surface area contributed by atoms with Gasteiger partial charge in [-0.15, -0.1) is 0 Å². The van der Waals surface area contributed by atoms with Crippen LogP contribution >= 0.6 is 0 Å². The third-order valence-electron chi connectivity index (χ3n) is 1.93. The van der Waals surface area contributed by atoms with E-state index in [1.54, 1.807) is 6.26 Å². The Morgan fingerprint density at radius 1 is 1.40 bits per heavy atom. The van der Waals surface area contributed by atoms with Crippen molar-refractivity contribution in [1.29, 1.82) is 0 Å². The third-order valence-corrected chi connectivity index (χ3v) is 1.93. The van der Waals surface area contributed by atoms with Gasteiger partial charge in [-0.1, -0.05) is 11.6 Å². The summed E-state index contributed by atoms with van der Waals surface area (Å²) in [5.41, 5.74) is 2.72. The highest BCUT2D eigenvalue weighted by molar-refractivity contribution is 5.56. The van der Waals surface area contributed by atoms with Gasteiger partial charge in [0.25, 0.3) is 0 Å². The van der Waals surface area contributed by atoms with E-state index in [4.69, 9.17) is 4.42 Å². The number of furan rings is 1. The fourth-order valence-corrected chi connectivity index (χ4v) is 1.33. The molecule has 0 N–H and O–H groups in total. The van der Waals surface area contributed by atoms with Crippen molar-refractivity contribution < 1.29 is 4.42 Å². The van der Waals surface area contributed by atoms with Crippen molar-refractivity contribution in [3.05, 3.63) is 29.2 Å². The lowest BCUT2D eigenvalue weighted by atomic mass is 10.00. The van der Waals surface area contributed by atoms with Crippen LogP contribution in [0.2, 0.25) is 0 Å². The monoisotopic (exact) mass is 134 g/mol. The van der Waals surface area contributed by atoms with E-state index in [0.29, 0.717) is 0 Å². The molecule has 0 fully saturated rings. The molecule has 1 heteroatoms. The summed E-state index contributed by atoms with van der Waals surface area (Å²) >= 11 is 0. The summed E-state index contributed by atoms with van der Waals surface area (Å²) in [6.07, 6.45) is 6.19. The van der Waals surface area contributed by atoms with E-state index in [1.165, 1.54) is 11.1 Å². The van der Waals surface area contributed by atoms with Gasteiger partial charge in [0.2, 0.25) is 0 Å². The molecule has 0 spiro atoms. The third kappa shape index (κ3) is 0.783. The molecule has 0 saturated heterocycles. The molecular formula is C9H10O. The van der Waals surface area contributed by atoms with Gasteiger partial charge in [0, 0.05) is 12.0 Å². The molecule has 0 atom stereocenters. The van der Waals surface area contributed by atoms with Crippen LogP contribution in [0.5, 0.6) is 0 Å². The van der Waals surface area contributed by atoms with Gasteiger partial charge in [0.05, 0.1) is 6.26 Å². The van der Waals surface area contributed by atoms with Crippen LogP contribution in [0, 0.1) is 0 Å². The van der Waals surface area contributed by atoms with Crippen molar-refractivity contribution in [3.63, 3.8) is 0 Å². The molecule has 0 saturated carbocycles. The maximum atomic E-state index is 5.26. The van der Waals surface area contributed by atoms with Crippen molar-refractivity contribution in [2.75, 3.05) is 0 Å². The van der Waals surface area contributed by atoms with Crippen LogP contribution in [0.1, 0.15) is 24.7 Å². The summed E-state index contributed by atoms with van der Waals surface area (Å²) in [6.45, 7) is 2.16. The molecule has 0 radical (unpaired) electrons. The van der Waals surface area contributed by atoms with Gasteiger partial charge in [-0.3, -0.25) is 0 Å². The molecule has 1 nitrogen and oxygen atoms in total. The average Bonchev–Trinajstić information content (AvgIpc) is 2.33. The summed E-state index contributed by atoms with van der Waals surface area (Å²) in [7, 11) is 0. The van der Waals surface area contributed by atoms with E-state index in [1.807, 2.05) is 6.07 Å². The first-order valence-corrected chi connectivity index (χ1v) is 3.60. The second-order valence-corrected chi connectivity index (χ2v) is 2.79. The molecule has 1 aromatic rings. The zero-order valence-electron chi connectivity index (χ0n) is 6.05. The van der Waals surface area contributed by atoms with Crippen molar-refractivity contribution in [1.82, 2.24) is 0 Å². The Kier molecular flexibility index (Phi) is 1.16. The van der Waals surface area contributed by atoms with E-state index in [0.717, 1.165) is 18.6 Å². The number of hydrogen-bond donors (Lipinski definition) is 0. The Labute approximate surface area is 60.4 Å². The van der Waals surface area contributed by atoms with Crippen LogP contribution in [-0.4, -0.2) is 0 Å². The van der Waals surface area contributed by atoms with Gasteiger partial charge < -0.3 is 4.42 Å². The van der Waals surface area contributed by atoms with E-state index < -0.39 is 0 Å². The molecule has 0 aliphatic heterocycles. The number of rotatable bonds is 0. The zero-order valence-corrected chi connectivity index (χ0v) is 6.05. The van der Waals surface area contributed by atoms with Gasteiger partial charge in [0.1, 0.15) is 5.76 Å². The van der Waals surface area contributed by atoms with Crippen LogP contribution in [0.15, 0.2) is 22.3 Å². The van der Waals surface area contributed by atoms with E-state index in [-0.39, 0.29) is 0 Å². The fourth-order valence-electron chi connectivity index (χ4n) is 1.33. The Bertz CT molecular complexity index is 268. The topological polar surface area (TPSA) is 13.1 Å². The number of allylic oxidation sites excluding steroid dienone is 1. The molecule has 1 aliphatic rings. The zero-order chi connectivity index (χ0) is 6.97. The summed E-state index contributed by atoms with van der Waals surface area (Å²) in [5.74, 6) is 1.14. The summed E-state index contributed by atoms with van der Waals surface area (Å²) in [5, 5.41) is 0. The van der Waals surface area contributed by atoms with Crippen molar-refractivity contribution in [3.8, 4) is 0 Å². The summed E-state index contributed by atoms with van der Waals surface area (Å²) in [6, 6.07) is 2.03. The van der Waals surface area contributed by atoms with Crippen LogP contribution < -0.4 is 0 Å². The van der Waals surface area contributed by atoms with E-state index in [2.05, 4.69) is 13.0 Å². The molecule has 1 aromatic heterocycles. The van der Waals surface area contributed by atoms with Crippen molar-refractivity contribution in [2.24, 2.45) is 0 Å². The Morgan fingerprint density at radius 3 is 3.20 bits per heavy atom. The van der Waals surface area contributed by atoms with Crippen molar-refractivity contribution >= 4 is 6.08 Å². The Hall–Kier alpha value is -0.980. The fraction of sp³-hybridized carbons (Fsp3) is 0.333. The first-order valence-electron chi connectivity index (χ1n) is 3.60. The van der Waals surface area contributed by atoms with Gasteiger partial charge >= 0.3 is 0 Å². The number of hydrogen-bond acceptors (Lipinski definition) is 1. The Balaban J connectivity index is 2.50. The quantitative estimate of drug-likeness (QED) is 0.531. The van der Waals surface area contributed by atoms with Gasteiger partial charge in [0.15, 0.2) is 0 Å². The van der Waals surface area contributed by atoms with Crippen LogP contribution in [0.4, 0.5) is 0 Å². The van der Waals surface area contributed by atoms with Gasteiger partial charge in [-0.2, -0.15) is 0 Å². The molecule has 2 rings (SSSR count). The minimum atomic E-state index is 1.07. The van der Waals surface area contributed by atoms with Crippen LogP contribution in [0.3, 0.4) is 0 Å². The first-order chi connectivity index (χ1) is 4.86. The van der Waals surface area contributed by atoms with Crippen LogP contribution in [0.25, 0.3) is 6.08 Å². The van der Waals surface area contributed by atoms with Crippen molar-refractivity contribution in [2.45, 2.75) is 19.8 Å². The largest absolute Gasteiger partial charge is 0.469 e. The predicted molar refractivity (Wildman–Crippen MR) is 40.7 cm³/mol. The predicted octanol–water partition coefficient (Wildman–Crippen LogP) is 2.63. The van der Waals surface area contributed by atoms with Gasteiger partial charge in [-0.25, -0.2) is 0 Å². The number of aryl methyl sites for hydroxylation is 1. The van der Waals surface area contributed by atoms with E-state index >= 15 is 0 Å². The molecule has 0 aromatic carbocycles. The lowest BCUT2D eigenvalue weighted by molar-refractivity contribution is 0.505. The SMILES string of the molecule is CC1=Cc2ccoc2CC1. The lowest BCUT2D eigenvalue weighted by Gasteiger charge is -2.06. The molecule has 0 unspecified atom stereocenters. The standard InChI is InChI=1S/C9H10O/c1-7-2-3-9-8(6-7)4-5-10-9/h4-6H,2-3H2,1H3. The average molecular weight is 134 g/mol. The molecular weight excluding hydrogens is 124 g/mol. The van der Waals surface area contributed by atoms with E-state index in [9.17, 15) is 0 Å². The molecule has 0 amide bonds. The minimum absolute atomic E-state index is 1.07. The smallest absolute Gasteiger partial charge is 0.111 e. The molecule has 1 aliphatic carbocycles. The molecule has 10 heavy (non-hydrogen) atoms. The minimum Gasteiger partial charge on any atom is -0.469 e. The molecule has 52 valence electrons. The summed E-state index contributed by atoms with van der Waals surface area (Å²) < 4.78 is 5.26. The highest BCUT2D eigenvalue weighted by atomic mass is 16.3. The van der Waals surface area contributed by atoms with Gasteiger partial charge in [-0.05, 0) is 19.4 Å². The maximum Gasteiger partial charge on any atom is 0.111 e. The second-order valence-electron chi connectivity index (χ2n) is 2.79. The summed E-state index contributed by atoms with van der Waals surface area (Å²) in [4.78, 5) is 0. The first kappa shape index (κ1) is 5.78. The molecule has 1 heterocycles.